The number of nitrogens with zero attached hydrogens (tertiary/aromatic N) is 1. The predicted molar refractivity (Wildman–Crippen MR) is 45.6 cm³/mol. The van der Waals surface area contributed by atoms with Gasteiger partial charge in [0.05, 0.1) is 0 Å². The van der Waals surface area contributed by atoms with Gasteiger partial charge in [-0.1, -0.05) is 35.0 Å². The van der Waals surface area contributed by atoms with Gasteiger partial charge in [-0.2, -0.15) is 0 Å². The molecule has 0 amide bonds. The lowest BCUT2D eigenvalue weighted by Gasteiger charge is -1.97. The highest BCUT2D eigenvalue weighted by Gasteiger charge is 1.99. The molecule has 0 radical (unpaired) electrons. The van der Waals surface area contributed by atoms with Gasteiger partial charge in [-0.3, -0.25) is 4.98 Å². The summed E-state index contributed by atoms with van der Waals surface area (Å²) in [4.78, 5) is 4.88. The molecule has 0 bridgehead atoms. The summed E-state index contributed by atoms with van der Waals surface area (Å²) in [5.41, 5.74) is 0. The smallest absolute Gasteiger partial charge is 0.157 e. The Bertz CT molecular complexity index is 190. The van der Waals surface area contributed by atoms with E-state index in [0.29, 0.717) is 0 Å². The van der Waals surface area contributed by atoms with Crippen molar-refractivity contribution in [2.75, 3.05) is 0 Å². The van der Waals surface area contributed by atoms with Gasteiger partial charge in [0.15, 0.2) is 4.17 Å². The maximum Gasteiger partial charge on any atom is 0.157 e. The predicted octanol–water partition coefficient (Wildman–Crippen LogP) is 2.93. The molecule has 0 saturated heterocycles. The summed E-state index contributed by atoms with van der Waals surface area (Å²) in [6, 6.07) is 3.76. The van der Waals surface area contributed by atoms with E-state index in [1.54, 1.807) is 12.4 Å². The van der Waals surface area contributed by atoms with E-state index in [1.807, 2.05) is 12.1 Å². The molecule has 0 aromatic carbocycles. The summed E-state index contributed by atoms with van der Waals surface area (Å²) in [7, 11) is 0. The Kier molecular flexibility index (Phi) is 3.32. The first kappa shape index (κ1) is 8.18. The minimum atomic E-state index is -0.413. The fourth-order valence-corrected chi connectivity index (χ4v) is 1.62. The molecule has 1 heterocycles. The molecule has 1 rings (SSSR count). The zero-order valence-electron chi connectivity index (χ0n) is 5.00. The average Bonchev–Trinajstić information content (AvgIpc) is 1.88. The summed E-state index contributed by atoms with van der Waals surface area (Å²) >= 11 is 12.4. The molecule has 0 spiro atoms. The SMILES string of the molecule is ClC(Cl)Sc1cccnc1. The number of pyridine rings is 1. The zero-order valence-corrected chi connectivity index (χ0v) is 7.33. The minimum Gasteiger partial charge on any atom is -0.264 e. The molecular weight excluding hydrogens is 189 g/mol. The fourth-order valence-electron chi connectivity index (χ4n) is 0.520. The first-order chi connectivity index (χ1) is 4.79. The van der Waals surface area contributed by atoms with Crippen molar-refractivity contribution in [3.63, 3.8) is 0 Å². The van der Waals surface area contributed by atoms with E-state index in [1.165, 1.54) is 11.8 Å². The Morgan fingerprint density at radius 1 is 1.50 bits per heavy atom. The second-order valence-electron chi connectivity index (χ2n) is 1.57. The third-order valence-electron chi connectivity index (χ3n) is 0.860. The van der Waals surface area contributed by atoms with Crippen molar-refractivity contribution in [1.29, 1.82) is 0 Å². The zero-order chi connectivity index (χ0) is 7.40. The van der Waals surface area contributed by atoms with E-state index in [9.17, 15) is 0 Å². The Hall–Kier alpha value is 0.0800. The van der Waals surface area contributed by atoms with E-state index < -0.39 is 4.17 Å². The summed E-state index contributed by atoms with van der Waals surface area (Å²) in [6.07, 6.45) is 3.43. The second kappa shape index (κ2) is 4.06. The van der Waals surface area contributed by atoms with E-state index >= 15 is 0 Å². The molecule has 10 heavy (non-hydrogen) atoms. The normalized spacial score (nSPS) is 10.3. The van der Waals surface area contributed by atoms with Crippen molar-refractivity contribution in [2.24, 2.45) is 0 Å². The number of thioether (sulfide) groups is 1. The topological polar surface area (TPSA) is 12.9 Å². The van der Waals surface area contributed by atoms with E-state index in [0.717, 1.165) is 4.90 Å². The molecule has 54 valence electrons. The van der Waals surface area contributed by atoms with Crippen LogP contribution in [-0.4, -0.2) is 9.15 Å². The van der Waals surface area contributed by atoms with Crippen LogP contribution in [0.25, 0.3) is 0 Å². The number of rotatable bonds is 2. The van der Waals surface area contributed by atoms with Crippen LogP contribution in [0.15, 0.2) is 29.4 Å². The van der Waals surface area contributed by atoms with Crippen molar-refractivity contribution in [3.8, 4) is 0 Å². The molecule has 0 unspecified atom stereocenters. The fraction of sp³-hybridized carbons (Fsp3) is 0.167. The van der Waals surface area contributed by atoms with Gasteiger partial charge in [-0.05, 0) is 12.1 Å². The quantitative estimate of drug-likeness (QED) is 0.530. The van der Waals surface area contributed by atoms with Crippen LogP contribution in [0, 0.1) is 0 Å². The third-order valence-corrected chi connectivity index (χ3v) is 2.09. The number of hydrogen-bond acceptors (Lipinski definition) is 2. The van der Waals surface area contributed by atoms with Crippen molar-refractivity contribution < 1.29 is 0 Å². The van der Waals surface area contributed by atoms with Gasteiger partial charge in [-0.25, -0.2) is 0 Å². The number of halogens is 2. The molecular formula is C6H5Cl2NS. The van der Waals surface area contributed by atoms with Crippen molar-refractivity contribution in [2.45, 2.75) is 9.06 Å². The van der Waals surface area contributed by atoms with Crippen LogP contribution in [0.4, 0.5) is 0 Å². The lowest BCUT2D eigenvalue weighted by molar-refractivity contribution is 1.24. The van der Waals surface area contributed by atoms with Gasteiger partial charge in [0.1, 0.15) is 0 Å². The van der Waals surface area contributed by atoms with Crippen LogP contribution in [-0.2, 0) is 0 Å². The van der Waals surface area contributed by atoms with Gasteiger partial charge in [0, 0.05) is 17.3 Å². The first-order valence-corrected chi connectivity index (χ1v) is 4.39. The summed E-state index contributed by atoms with van der Waals surface area (Å²) in [6.45, 7) is 0. The number of aromatic nitrogens is 1. The molecule has 4 heteroatoms. The van der Waals surface area contributed by atoms with Crippen LogP contribution in [0.3, 0.4) is 0 Å². The first-order valence-electron chi connectivity index (χ1n) is 2.64. The van der Waals surface area contributed by atoms with Crippen LogP contribution in [0.5, 0.6) is 0 Å². The standard InChI is InChI=1S/C6H5Cl2NS/c7-6(8)10-5-2-1-3-9-4-5/h1-4,6H. The Labute approximate surface area is 73.7 Å². The number of hydrogen-bond donors (Lipinski definition) is 0. The lowest BCUT2D eigenvalue weighted by Crippen LogP contribution is -1.78. The molecule has 1 aromatic heterocycles. The highest BCUT2D eigenvalue weighted by atomic mass is 35.5. The summed E-state index contributed by atoms with van der Waals surface area (Å²) < 4.78 is -0.413. The molecule has 0 N–H and O–H groups in total. The van der Waals surface area contributed by atoms with E-state index in [4.69, 9.17) is 23.2 Å². The minimum absolute atomic E-state index is 0.413. The van der Waals surface area contributed by atoms with E-state index in [-0.39, 0.29) is 0 Å². The van der Waals surface area contributed by atoms with Gasteiger partial charge < -0.3 is 0 Å². The van der Waals surface area contributed by atoms with Gasteiger partial charge in [0.2, 0.25) is 0 Å². The molecule has 1 aromatic rings. The maximum atomic E-state index is 5.51. The highest BCUT2D eigenvalue weighted by Crippen LogP contribution is 2.27. The third kappa shape index (κ3) is 2.78. The van der Waals surface area contributed by atoms with Crippen LogP contribution >= 0.6 is 35.0 Å². The van der Waals surface area contributed by atoms with Crippen molar-refractivity contribution in [3.05, 3.63) is 24.5 Å². The maximum absolute atomic E-state index is 5.51. The highest BCUT2D eigenvalue weighted by molar-refractivity contribution is 8.02. The van der Waals surface area contributed by atoms with Crippen molar-refractivity contribution in [1.82, 2.24) is 4.98 Å². The molecule has 0 aliphatic heterocycles. The van der Waals surface area contributed by atoms with Gasteiger partial charge in [0.25, 0.3) is 0 Å². The monoisotopic (exact) mass is 193 g/mol. The Balaban J connectivity index is 2.59. The molecule has 0 aliphatic rings. The largest absolute Gasteiger partial charge is 0.264 e. The summed E-state index contributed by atoms with van der Waals surface area (Å²) in [5.74, 6) is 0. The number of alkyl halides is 2. The molecule has 1 nitrogen and oxygen atoms in total. The average molecular weight is 194 g/mol. The second-order valence-corrected chi connectivity index (χ2v) is 4.36. The summed E-state index contributed by atoms with van der Waals surface area (Å²) in [5, 5.41) is 0. The van der Waals surface area contributed by atoms with Gasteiger partial charge in [-0.15, -0.1) is 0 Å². The van der Waals surface area contributed by atoms with Crippen LogP contribution in [0.1, 0.15) is 0 Å². The molecule has 0 fully saturated rings. The van der Waals surface area contributed by atoms with Crippen LogP contribution < -0.4 is 0 Å². The van der Waals surface area contributed by atoms with Gasteiger partial charge >= 0.3 is 0 Å². The van der Waals surface area contributed by atoms with E-state index in [2.05, 4.69) is 4.98 Å². The molecule has 0 atom stereocenters. The lowest BCUT2D eigenvalue weighted by atomic mass is 10.5. The van der Waals surface area contributed by atoms with Crippen LogP contribution in [0.2, 0.25) is 0 Å². The molecule has 0 saturated carbocycles. The van der Waals surface area contributed by atoms with Crippen molar-refractivity contribution >= 4 is 35.0 Å². The Morgan fingerprint density at radius 2 is 2.30 bits per heavy atom. The Morgan fingerprint density at radius 3 is 2.80 bits per heavy atom. The molecule has 0 aliphatic carbocycles.